The Balaban J connectivity index is 1.39. The number of carbonyl (C=O) groups excluding carboxylic acids is 2. The lowest BCUT2D eigenvalue weighted by molar-refractivity contribution is -0.137. The van der Waals surface area contributed by atoms with E-state index in [1.54, 1.807) is 6.07 Å². The van der Waals surface area contributed by atoms with Crippen LogP contribution in [0.5, 0.6) is 0 Å². The summed E-state index contributed by atoms with van der Waals surface area (Å²) in [6.45, 7) is 7.99. The molecule has 1 saturated heterocycles. The highest BCUT2D eigenvalue weighted by molar-refractivity contribution is 6.36. The number of ether oxygens (including phenoxy) is 1. The van der Waals surface area contributed by atoms with E-state index < -0.39 is 5.60 Å². The van der Waals surface area contributed by atoms with Crippen molar-refractivity contribution in [1.82, 2.24) is 10.2 Å². The van der Waals surface area contributed by atoms with Crippen molar-refractivity contribution in [1.29, 1.82) is 0 Å². The molecule has 0 spiro atoms. The average molecular weight is 581 g/mol. The summed E-state index contributed by atoms with van der Waals surface area (Å²) in [5, 5.41) is 4.74. The molecular weight excluding hydrogens is 545 g/mol. The molecule has 2 aliphatic rings. The van der Waals surface area contributed by atoms with E-state index in [-0.39, 0.29) is 24.0 Å². The Morgan fingerprint density at radius 2 is 1.61 bits per heavy atom. The Morgan fingerprint density at radius 3 is 2.24 bits per heavy atom. The molecule has 1 heterocycles. The van der Waals surface area contributed by atoms with Gasteiger partial charge in [-0.2, -0.15) is 0 Å². The minimum atomic E-state index is -0.513. The van der Waals surface area contributed by atoms with Crippen LogP contribution in [0.25, 0.3) is 0 Å². The lowest BCUT2D eigenvalue weighted by Gasteiger charge is -2.44. The molecule has 2 amide bonds. The first-order valence-corrected chi connectivity index (χ1v) is 14.4. The van der Waals surface area contributed by atoms with Crippen LogP contribution in [0.4, 0.5) is 10.5 Å². The van der Waals surface area contributed by atoms with E-state index in [1.807, 2.05) is 62.1 Å². The minimum Gasteiger partial charge on any atom is -0.444 e. The van der Waals surface area contributed by atoms with Crippen molar-refractivity contribution < 1.29 is 14.3 Å². The van der Waals surface area contributed by atoms with Crippen LogP contribution < -0.4 is 10.2 Å². The highest BCUT2D eigenvalue weighted by Crippen LogP contribution is 2.38. The van der Waals surface area contributed by atoms with Crippen molar-refractivity contribution in [3.05, 3.63) is 63.1 Å². The topological polar surface area (TPSA) is 61.9 Å². The zero-order valence-corrected chi connectivity index (χ0v) is 24.5. The van der Waals surface area contributed by atoms with E-state index >= 15 is 0 Å². The number of nitrogens with one attached hydrogen (secondary N) is 1. The Kier molecular flexibility index (Phi) is 9.38. The summed E-state index contributed by atoms with van der Waals surface area (Å²) in [7, 11) is 0. The summed E-state index contributed by atoms with van der Waals surface area (Å²) in [4.78, 5) is 29.9. The molecule has 0 bridgehead atoms. The fourth-order valence-corrected chi connectivity index (χ4v) is 6.01. The second-order valence-electron chi connectivity index (χ2n) is 11.2. The molecule has 206 valence electrons. The van der Waals surface area contributed by atoms with E-state index in [9.17, 15) is 9.59 Å². The van der Waals surface area contributed by atoms with E-state index in [2.05, 4.69) is 10.2 Å². The largest absolute Gasteiger partial charge is 0.444 e. The number of amides is 2. The number of halogens is 3. The normalized spacial score (nSPS) is 22.2. The van der Waals surface area contributed by atoms with Gasteiger partial charge in [0.05, 0.1) is 16.8 Å². The maximum Gasteiger partial charge on any atom is 0.407 e. The molecule has 2 fully saturated rings. The summed E-state index contributed by atoms with van der Waals surface area (Å²) in [6, 6.07) is 13.3. The fourth-order valence-electron chi connectivity index (χ4n) is 5.37. The molecule has 9 heteroatoms. The third-order valence-corrected chi connectivity index (χ3v) is 8.09. The Morgan fingerprint density at radius 1 is 0.947 bits per heavy atom. The highest BCUT2D eigenvalue weighted by atomic mass is 35.5. The first-order valence-electron chi connectivity index (χ1n) is 13.2. The Hall–Kier alpha value is -2.15. The summed E-state index contributed by atoms with van der Waals surface area (Å²) < 4.78 is 5.34. The zero-order chi connectivity index (χ0) is 27.4. The van der Waals surface area contributed by atoms with Crippen molar-refractivity contribution in [2.45, 2.75) is 58.1 Å². The van der Waals surface area contributed by atoms with Crippen LogP contribution in [-0.2, 0) is 9.53 Å². The van der Waals surface area contributed by atoms with Crippen molar-refractivity contribution in [2.75, 3.05) is 31.1 Å². The molecule has 2 aromatic rings. The number of alkyl carbamates (subject to hydrolysis) is 1. The van der Waals surface area contributed by atoms with E-state index in [0.717, 1.165) is 36.9 Å². The maximum atomic E-state index is 13.6. The van der Waals surface area contributed by atoms with Gasteiger partial charge in [0.25, 0.3) is 0 Å². The monoisotopic (exact) mass is 579 g/mol. The van der Waals surface area contributed by atoms with Crippen molar-refractivity contribution in [3.8, 4) is 0 Å². The first-order chi connectivity index (χ1) is 18.0. The number of piperazine rings is 1. The van der Waals surface area contributed by atoms with Gasteiger partial charge in [-0.15, -0.1) is 0 Å². The van der Waals surface area contributed by atoms with Gasteiger partial charge in [-0.25, -0.2) is 4.79 Å². The van der Waals surface area contributed by atoms with Gasteiger partial charge in [0.15, 0.2) is 0 Å². The smallest absolute Gasteiger partial charge is 0.407 e. The van der Waals surface area contributed by atoms with Gasteiger partial charge < -0.3 is 19.9 Å². The van der Waals surface area contributed by atoms with Gasteiger partial charge in [0, 0.05) is 42.1 Å². The zero-order valence-electron chi connectivity index (χ0n) is 22.2. The van der Waals surface area contributed by atoms with Gasteiger partial charge in [-0.1, -0.05) is 46.9 Å². The molecular formula is C29H36Cl3N3O3. The molecule has 0 radical (unpaired) electrons. The van der Waals surface area contributed by atoms with Crippen LogP contribution in [0, 0.1) is 11.8 Å². The second-order valence-corrected chi connectivity index (χ2v) is 12.5. The number of hydrogen-bond donors (Lipinski definition) is 1. The standard InChI is InChI=1S/C29H36Cl3N3O3/c1-29(2,3)38-28(37)33-17-19-4-6-21(7-5-19)27(36)34-14-15-35(25-13-12-23(31)16-24(25)32)26(18-34)20-8-10-22(30)11-9-20/h8-13,16,19,21,26H,4-7,14-15,17-18H2,1-3H3,(H,33,37)/t19?,21?,26-/m0/s1. The second kappa shape index (κ2) is 12.4. The van der Waals surface area contributed by atoms with Crippen LogP contribution in [-0.4, -0.2) is 48.7 Å². The van der Waals surface area contributed by atoms with Crippen LogP contribution in [0.2, 0.25) is 15.1 Å². The molecule has 4 rings (SSSR count). The SMILES string of the molecule is CC(C)(C)OC(=O)NCC1CCC(C(=O)N2CCN(c3ccc(Cl)cc3Cl)[C@H](c3ccc(Cl)cc3)C2)CC1. The lowest BCUT2D eigenvalue weighted by atomic mass is 9.81. The third-order valence-electron chi connectivity index (χ3n) is 7.30. The lowest BCUT2D eigenvalue weighted by Crippen LogP contribution is -2.52. The fraction of sp³-hybridized carbons (Fsp3) is 0.517. The molecule has 1 saturated carbocycles. The van der Waals surface area contributed by atoms with E-state index in [1.165, 1.54) is 0 Å². The average Bonchev–Trinajstić information content (AvgIpc) is 2.87. The van der Waals surface area contributed by atoms with Gasteiger partial charge in [0.1, 0.15) is 5.60 Å². The highest BCUT2D eigenvalue weighted by Gasteiger charge is 2.36. The van der Waals surface area contributed by atoms with E-state index in [0.29, 0.717) is 47.2 Å². The molecule has 1 aliphatic carbocycles. The predicted octanol–water partition coefficient (Wildman–Crippen LogP) is 7.37. The summed E-state index contributed by atoms with van der Waals surface area (Å²) >= 11 is 18.9. The molecule has 1 aliphatic heterocycles. The van der Waals surface area contributed by atoms with Crippen LogP contribution in [0.1, 0.15) is 58.1 Å². The minimum absolute atomic E-state index is 0.00399. The maximum absolute atomic E-state index is 13.6. The van der Waals surface area contributed by atoms with Crippen molar-refractivity contribution in [2.24, 2.45) is 11.8 Å². The third kappa shape index (κ3) is 7.49. The van der Waals surface area contributed by atoms with Crippen LogP contribution in [0.3, 0.4) is 0 Å². The van der Waals surface area contributed by atoms with Gasteiger partial charge in [-0.05, 0) is 88.3 Å². The summed E-state index contributed by atoms with van der Waals surface area (Å²) in [6.07, 6.45) is 3.09. The van der Waals surface area contributed by atoms with Gasteiger partial charge in [-0.3, -0.25) is 4.79 Å². The van der Waals surface area contributed by atoms with Crippen molar-refractivity contribution in [3.63, 3.8) is 0 Å². The molecule has 0 unspecified atom stereocenters. The number of benzene rings is 2. The number of carbonyl (C=O) groups is 2. The van der Waals surface area contributed by atoms with Crippen LogP contribution >= 0.6 is 34.8 Å². The molecule has 6 nitrogen and oxygen atoms in total. The number of hydrogen-bond acceptors (Lipinski definition) is 4. The van der Waals surface area contributed by atoms with Crippen molar-refractivity contribution >= 4 is 52.5 Å². The molecule has 38 heavy (non-hydrogen) atoms. The Bertz CT molecular complexity index is 1130. The number of anilines is 1. The molecule has 1 N–H and O–H groups in total. The number of rotatable bonds is 5. The van der Waals surface area contributed by atoms with Gasteiger partial charge >= 0.3 is 6.09 Å². The molecule has 2 aromatic carbocycles. The number of nitrogens with zero attached hydrogens (tertiary/aromatic N) is 2. The molecule has 0 aromatic heterocycles. The quantitative estimate of drug-likeness (QED) is 0.401. The Labute approximate surface area is 240 Å². The van der Waals surface area contributed by atoms with Crippen LogP contribution in [0.15, 0.2) is 42.5 Å². The summed E-state index contributed by atoms with van der Waals surface area (Å²) in [5.41, 5.74) is 1.47. The molecule has 1 atom stereocenters. The first kappa shape index (κ1) is 28.8. The van der Waals surface area contributed by atoms with E-state index in [4.69, 9.17) is 39.5 Å². The predicted molar refractivity (Wildman–Crippen MR) is 154 cm³/mol. The van der Waals surface area contributed by atoms with Gasteiger partial charge in [0.2, 0.25) is 5.91 Å². The summed E-state index contributed by atoms with van der Waals surface area (Å²) in [5.74, 6) is 0.575.